The molecule has 0 atom stereocenters. The summed E-state index contributed by atoms with van der Waals surface area (Å²) in [5.41, 5.74) is 5.73. The van der Waals surface area contributed by atoms with Crippen LogP contribution in [0.5, 0.6) is 0 Å². The maximum absolute atomic E-state index is 5.68. The van der Waals surface area contributed by atoms with E-state index in [1.165, 1.54) is 0 Å². The van der Waals surface area contributed by atoms with Gasteiger partial charge in [-0.2, -0.15) is 0 Å². The monoisotopic (exact) mass is 173 g/mol. The largest absolute Gasteiger partial charge is 0.350 e. The maximum Gasteiger partial charge on any atom is 0.162 e. The molecule has 0 aromatic rings. The van der Waals surface area contributed by atoms with Crippen LogP contribution in [0.3, 0.4) is 0 Å². The number of rotatable bonds is 2. The molecule has 3 heteroatoms. The second-order valence-corrected chi connectivity index (χ2v) is 4.03. The van der Waals surface area contributed by atoms with Gasteiger partial charge in [0.25, 0.3) is 0 Å². The van der Waals surface area contributed by atoms with Crippen molar-refractivity contribution in [2.45, 2.75) is 33.0 Å². The van der Waals surface area contributed by atoms with Crippen LogP contribution in [0.1, 0.15) is 27.2 Å². The summed E-state index contributed by atoms with van der Waals surface area (Å²) in [6.07, 6.45) is 1.01. The van der Waals surface area contributed by atoms with E-state index in [1.807, 2.05) is 13.8 Å². The molecule has 0 amide bonds. The first-order valence-electron chi connectivity index (χ1n) is 4.52. The van der Waals surface area contributed by atoms with Gasteiger partial charge >= 0.3 is 0 Å². The Hall–Kier alpha value is -0.120. The number of ether oxygens (including phenoxy) is 2. The zero-order chi connectivity index (χ0) is 9.24. The highest BCUT2D eigenvalue weighted by Gasteiger charge is 2.37. The smallest absolute Gasteiger partial charge is 0.162 e. The quantitative estimate of drug-likeness (QED) is 0.680. The van der Waals surface area contributed by atoms with E-state index in [2.05, 4.69) is 6.92 Å². The first kappa shape index (κ1) is 9.96. The molecule has 0 spiro atoms. The van der Waals surface area contributed by atoms with Crippen molar-refractivity contribution in [2.75, 3.05) is 19.8 Å². The molecule has 12 heavy (non-hydrogen) atoms. The third-order valence-corrected chi connectivity index (χ3v) is 2.63. The summed E-state index contributed by atoms with van der Waals surface area (Å²) in [6.45, 7) is 8.06. The van der Waals surface area contributed by atoms with E-state index in [9.17, 15) is 0 Å². The van der Waals surface area contributed by atoms with Crippen molar-refractivity contribution in [1.29, 1.82) is 0 Å². The van der Waals surface area contributed by atoms with Gasteiger partial charge in [0.1, 0.15) is 0 Å². The Bertz CT molecular complexity index is 141. The summed E-state index contributed by atoms with van der Waals surface area (Å²) in [7, 11) is 0. The molecule has 1 rings (SSSR count). The third kappa shape index (κ3) is 1.97. The van der Waals surface area contributed by atoms with Crippen LogP contribution in [-0.4, -0.2) is 25.5 Å². The summed E-state index contributed by atoms with van der Waals surface area (Å²) in [5, 5.41) is 0. The van der Waals surface area contributed by atoms with E-state index in [4.69, 9.17) is 15.2 Å². The Labute approximate surface area is 74.2 Å². The molecule has 72 valence electrons. The Kier molecular flexibility index (Phi) is 2.76. The van der Waals surface area contributed by atoms with Gasteiger partial charge in [0.05, 0.1) is 13.2 Å². The zero-order valence-electron chi connectivity index (χ0n) is 8.22. The first-order valence-corrected chi connectivity index (χ1v) is 4.52. The molecule has 2 N–H and O–H groups in total. The number of hydrogen-bond acceptors (Lipinski definition) is 3. The van der Waals surface area contributed by atoms with Crippen molar-refractivity contribution in [3.63, 3.8) is 0 Å². The summed E-state index contributed by atoms with van der Waals surface area (Å²) in [5.74, 6) is -0.423. The van der Waals surface area contributed by atoms with Crippen LogP contribution >= 0.6 is 0 Å². The van der Waals surface area contributed by atoms with Gasteiger partial charge in [-0.25, -0.2) is 0 Å². The first-order chi connectivity index (χ1) is 5.54. The van der Waals surface area contributed by atoms with Crippen molar-refractivity contribution >= 4 is 0 Å². The van der Waals surface area contributed by atoms with Crippen LogP contribution in [0.4, 0.5) is 0 Å². The average molecular weight is 173 g/mol. The lowest BCUT2D eigenvalue weighted by Gasteiger charge is -2.42. The van der Waals surface area contributed by atoms with Gasteiger partial charge in [-0.3, -0.25) is 0 Å². The fourth-order valence-electron chi connectivity index (χ4n) is 1.20. The van der Waals surface area contributed by atoms with Crippen LogP contribution in [0.2, 0.25) is 0 Å². The van der Waals surface area contributed by atoms with E-state index in [0.717, 1.165) is 6.42 Å². The molecular formula is C9H19NO2. The summed E-state index contributed by atoms with van der Waals surface area (Å²) in [6, 6.07) is 0. The normalized spacial score (nSPS) is 27.0. The van der Waals surface area contributed by atoms with Crippen LogP contribution in [0, 0.1) is 5.41 Å². The standard InChI is InChI=1S/C9H19NO2/c1-4-9(5-10)6-11-8(2,3)12-7-9/h4-7,10H2,1-3H3. The highest BCUT2D eigenvalue weighted by Crippen LogP contribution is 2.31. The van der Waals surface area contributed by atoms with E-state index in [1.54, 1.807) is 0 Å². The molecule has 3 nitrogen and oxygen atoms in total. The average Bonchev–Trinajstić information content (AvgIpc) is 2.06. The minimum atomic E-state index is -0.423. The zero-order valence-corrected chi connectivity index (χ0v) is 8.22. The van der Waals surface area contributed by atoms with Crippen LogP contribution in [0.25, 0.3) is 0 Å². The summed E-state index contributed by atoms with van der Waals surface area (Å²) in [4.78, 5) is 0. The van der Waals surface area contributed by atoms with Crippen LogP contribution < -0.4 is 5.73 Å². The molecule has 0 radical (unpaired) electrons. The molecular weight excluding hydrogens is 154 g/mol. The SMILES string of the molecule is CCC1(CN)COC(C)(C)OC1. The van der Waals surface area contributed by atoms with Crippen molar-refractivity contribution in [3.8, 4) is 0 Å². The third-order valence-electron chi connectivity index (χ3n) is 2.63. The molecule has 0 bridgehead atoms. The highest BCUT2D eigenvalue weighted by atomic mass is 16.7. The molecule has 1 heterocycles. The Morgan fingerprint density at radius 3 is 2.08 bits per heavy atom. The molecule has 0 saturated carbocycles. The minimum absolute atomic E-state index is 0.0511. The van der Waals surface area contributed by atoms with Gasteiger partial charge < -0.3 is 15.2 Å². The summed E-state index contributed by atoms with van der Waals surface area (Å²) >= 11 is 0. The van der Waals surface area contributed by atoms with Gasteiger partial charge in [-0.05, 0) is 20.3 Å². The Morgan fingerprint density at radius 1 is 1.25 bits per heavy atom. The van der Waals surface area contributed by atoms with Crippen molar-refractivity contribution < 1.29 is 9.47 Å². The van der Waals surface area contributed by atoms with Gasteiger partial charge in [-0.15, -0.1) is 0 Å². The number of nitrogens with two attached hydrogens (primary N) is 1. The van der Waals surface area contributed by atoms with Gasteiger partial charge in [-0.1, -0.05) is 6.92 Å². The van der Waals surface area contributed by atoms with Crippen molar-refractivity contribution in [3.05, 3.63) is 0 Å². The van der Waals surface area contributed by atoms with Crippen molar-refractivity contribution in [1.82, 2.24) is 0 Å². The van der Waals surface area contributed by atoms with E-state index in [-0.39, 0.29) is 5.41 Å². The Morgan fingerprint density at radius 2 is 1.75 bits per heavy atom. The molecule has 0 aromatic carbocycles. The van der Waals surface area contributed by atoms with Crippen LogP contribution in [-0.2, 0) is 9.47 Å². The molecule has 0 unspecified atom stereocenters. The topological polar surface area (TPSA) is 44.5 Å². The fraction of sp³-hybridized carbons (Fsp3) is 1.00. The highest BCUT2D eigenvalue weighted by molar-refractivity contribution is 4.83. The maximum atomic E-state index is 5.68. The molecule has 0 aromatic heterocycles. The van der Waals surface area contributed by atoms with Gasteiger partial charge in [0, 0.05) is 12.0 Å². The van der Waals surface area contributed by atoms with Crippen molar-refractivity contribution in [2.24, 2.45) is 11.1 Å². The second-order valence-electron chi connectivity index (χ2n) is 4.03. The fourth-order valence-corrected chi connectivity index (χ4v) is 1.20. The van der Waals surface area contributed by atoms with E-state index >= 15 is 0 Å². The van der Waals surface area contributed by atoms with Gasteiger partial charge in [0.15, 0.2) is 5.79 Å². The lowest BCUT2D eigenvalue weighted by Crippen LogP contribution is -2.49. The summed E-state index contributed by atoms with van der Waals surface area (Å²) < 4.78 is 11.1. The minimum Gasteiger partial charge on any atom is -0.350 e. The molecule has 0 aliphatic carbocycles. The molecule has 1 aliphatic heterocycles. The van der Waals surface area contributed by atoms with Gasteiger partial charge in [0.2, 0.25) is 0 Å². The second kappa shape index (κ2) is 3.32. The molecule has 1 saturated heterocycles. The van der Waals surface area contributed by atoms with E-state index in [0.29, 0.717) is 19.8 Å². The lowest BCUT2D eigenvalue weighted by molar-refractivity contribution is -0.284. The lowest BCUT2D eigenvalue weighted by atomic mass is 9.86. The predicted octanol–water partition coefficient (Wildman–Crippen LogP) is 1.12. The molecule has 1 fully saturated rings. The van der Waals surface area contributed by atoms with Crippen LogP contribution in [0.15, 0.2) is 0 Å². The predicted molar refractivity (Wildman–Crippen MR) is 47.8 cm³/mol. The van der Waals surface area contributed by atoms with E-state index < -0.39 is 5.79 Å². The number of hydrogen-bond donors (Lipinski definition) is 1. The Balaban J connectivity index is 2.53. The molecule has 1 aliphatic rings.